The highest BCUT2D eigenvalue weighted by Gasteiger charge is 2.33. The van der Waals surface area contributed by atoms with Crippen LogP contribution in [-0.4, -0.2) is 18.8 Å². The molecular weight excluding hydrogens is 237 g/mol. The molecule has 0 aliphatic rings. The first-order valence-electron chi connectivity index (χ1n) is 4.75. The summed E-state index contributed by atoms with van der Waals surface area (Å²) in [6, 6.07) is 7.65. The van der Waals surface area contributed by atoms with E-state index in [-0.39, 0.29) is 18.7 Å². The molecule has 0 aromatic heterocycles. The lowest BCUT2D eigenvalue weighted by Gasteiger charge is -2.24. The number of anilines is 1. The SMILES string of the molecule is NC(=O)CCN(OC(F)(F)F)c1ccccc1. The summed E-state index contributed by atoms with van der Waals surface area (Å²) in [4.78, 5) is 14.4. The van der Waals surface area contributed by atoms with Gasteiger partial charge in [-0.2, -0.15) is 4.84 Å². The number of amides is 1. The summed E-state index contributed by atoms with van der Waals surface area (Å²) in [5, 5.41) is 0.588. The third-order valence-electron chi connectivity index (χ3n) is 1.82. The van der Waals surface area contributed by atoms with E-state index in [9.17, 15) is 18.0 Å². The van der Waals surface area contributed by atoms with E-state index in [4.69, 9.17) is 5.73 Å². The second kappa shape index (κ2) is 5.53. The van der Waals surface area contributed by atoms with Crippen LogP contribution < -0.4 is 10.8 Å². The number of nitrogens with zero attached hydrogens (tertiary/aromatic N) is 1. The number of halogens is 3. The van der Waals surface area contributed by atoms with E-state index in [1.54, 1.807) is 18.2 Å². The van der Waals surface area contributed by atoms with Crippen LogP contribution in [0.4, 0.5) is 18.9 Å². The quantitative estimate of drug-likeness (QED) is 0.808. The van der Waals surface area contributed by atoms with Crippen molar-refractivity contribution in [2.45, 2.75) is 12.8 Å². The molecule has 1 aromatic carbocycles. The van der Waals surface area contributed by atoms with Gasteiger partial charge in [-0.1, -0.05) is 18.2 Å². The summed E-state index contributed by atoms with van der Waals surface area (Å²) in [5.74, 6) is -0.697. The number of nitrogens with two attached hydrogens (primary N) is 1. The molecule has 0 aliphatic heterocycles. The first-order chi connectivity index (χ1) is 7.88. The Morgan fingerprint density at radius 1 is 1.29 bits per heavy atom. The zero-order chi connectivity index (χ0) is 12.9. The van der Waals surface area contributed by atoms with Crippen LogP contribution in [-0.2, 0) is 9.63 Å². The third-order valence-corrected chi connectivity index (χ3v) is 1.82. The molecule has 2 N–H and O–H groups in total. The first kappa shape index (κ1) is 13.3. The molecule has 1 amide bonds. The Bertz CT molecular complexity index is 368. The van der Waals surface area contributed by atoms with Crippen molar-refractivity contribution >= 4 is 11.6 Å². The van der Waals surface area contributed by atoms with Gasteiger partial charge in [-0.3, -0.25) is 4.79 Å². The van der Waals surface area contributed by atoms with Gasteiger partial charge in [0, 0.05) is 6.42 Å². The maximum atomic E-state index is 12.1. The molecule has 0 radical (unpaired) electrons. The Kier molecular flexibility index (Phi) is 4.33. The fourth-order valence-electron chi connectivity index (χ4n) is 1.16. The van der Waals surface area contributed by atoms with E-state index in [1.807, 2.05) is 0 Å². The van der Waals surface area contributed by atoms with Crippen molar-refractivity contribution < 1.29 is 22.8 Å². The minimum absolute atomic E-state index is 0.200. The van der Waals surface area contributed by atoms with Crippen molar-refractivity contribution in [1.29, 1.82) is 0 Å². The molecule has 0 saturated heterocycles. The van der Waals surface area contributed by atoms with Crippen LogP contribution in [0.25, 0.3) is 0 Å². The predicted molar refractivity (Wildman–Crippen MR) is 54.7 cm³/mol. The molecular formula is C10H11F3N2O2. The van der Waals surface area contributed by atoms with E-state index in [2.05, 4.69) is 4.84 Å². The van der Waals surface area contributed by atoms with Gasteiger partial charge in [-0.15, -0.1) is 13.2 Å². The maximum absolute atomic E-state index is 12.1. The molecule has 0 heterocycles. The Morgan fingerprint density at radius 2 is 1.88 bits per heavy atom. The summed E-state index contributed by atoms with van der Waals surface area (Å²) in [5.41, 5.74) is 5.08. The summed E-state index contributed by atoms with van der Waals surface area (Å²) < 4.78 is 36.4. The second-order valence-electron chi connectivity index (χ2n) is 3.19. The van der Waals surface area contributed by atoms with Crippen LogP contribution in [0.15, 0.2) is 30.3 Å². The standard InChI is InChI=1S/C10H11F3N2O2/c11-10(12,13)17-15(7-6-9(14)16)8-4-2-1-3-5-8/h1-5H,6-7H2,(H2,14,16). The fraction of sp³-hybridized carbons (Fsp3) is 0.300. The van der Waals surface area contributed by atoms with Crippen molar-refractivity contribution in [1.82, 2.24) is 0 Å². The number of para-hydroxylation sites is 1. The number of carbonyl (C=O) groups excluding carboxylic acids is 1. The Labute approximate surface area is 95.7 Å². The van der Waals surface area contributed by atoms with Gasteiger partial charge in [0.1, 0.15) is 0 Å². The van der Waals surface area contributed by atoms with Gasteiger partial charge in [0.25, 0.3) is 0 Å². The molecule has 1 aromatic rings. The van der Waals surface area contributed by atoms with E-state index < -0.39 is 12.3 Å². The van der Waals surface area contributed by atoms with Crippen molar-refractivity contribution in [3.63, 3.8) is 0 Å². The maximum Gasteiger partial charge on any atom is 0.544 e. The number of carbonyl (C=O) groups is 1. The Hall–Kier alpha value is -1.76. The van der Waals surface area contributed by atoms with Gasteiger partial charge >= 0.3 is 6.36 Å². The number of primary amides is 1. The second-order valence-corrected chi connectivity index (χ2v) is 3.19. The topological polar surface area (TPSA) is 55.6 Å². The molecule has 1 rings (SSSR count). The van der Waals surface area contributed by atoms with Gasteiger partial charge in [-0.05, 0) is 12.1 Å². The van der Waals surface area contributed by atoms with Crippen molar-refractivity contribution in [3.8, 4) is 0 Å². The minimum Gasteiger partial charge on any atom is -0.370 e. The Balaban J connectivity index is 2.75. The average molecular weight is 248 g/mol. The monoisotopic (exact) mass is 248 g/mol. The van der Waals surface area contributed by atoms with Gasteiger partial charge in [0.05, 0.1) is 12.2 Å². The normalized spacial score (nSPS) is 11.2. The summed E-state index contributed by atoms with van der Waals surface area (Å²) >= 11 is 0. The molecule has 0 unspecified atom stereocenters. The molecule has 0 atom stereocenters. The van der Waals surface area contributed by atoms with E-state index >= 15 is 0 Å². The third kappa shape index (κ3) is 5.21. The van der Waals surface area contributed by atoms with Crippen molar-refractivity contribution in [3.05, 3.63) is 30.3 Å². The van der Waals surface area contributed by atoms with Gasteiger partial charge in [0.15, 0.2) is 0 Å². The van der Waals surface area contributed by atoms with Crippen LogP contribution in [0, 0.1) is 0 Å². The molecule has 0 saturated carbocycles. The number of hydrogen-bond donors (Lipinski definition) is 1. The smallest absolute Gasteiger partial charge is 0.370 e. The van der Waals surface area contributed by atoms with Gasteiger partial charge < -0.3 is 5.73 Å². The van der Waals surface area contributed by atoms with Crippen LogP contribution in [0.5, 0.6) is 0 Å². The van der Waals surface area contributed by atoms with Crippen LogP contribution in [0.1, 0.15) is 6.42 Å². The lowest BCUT2D eigenvalue weighted by molar-refractivity contribution is -0.330. The summed E-state index contributed by atoms with van der Waals surface area (Å²) in [6.07, 6.45) is -5.04. The van der Waals surface area contributed by atoms with Crippen LogP contribution in [0.2, 0.25) is 0 Å². The molecule has 0 spiro atoms. The fourth-order valence-corrected chi connectivity index (χ4v) is 1.16. The van der Waals surface area contributed by atoms with Gasteiger partial charge in [-0.25, -0.2) is 5.06 Å². The number of benzene rings is 1. The molecule has 94 valence electrons. The lowest BCUT2D eigenvalue weighted by Crippen LogP contribution is -2.34. The average Bonchev–Trinajstić information content (AvgIpc) is 2.24. The van der Waals surface area contributed by atoms with Crippen LogP contribution >= 0.6 is 0 Å². The summed E-state index contributed by atoms with van der Waals surface area (Å²) in [6.45, 7) is -0.265. The Morgan fingerprint density at radius 3 is 2.35 bits per heavy atom. The highest BCUT2D eigenvalue weighted by molar-refractivity contribution is 5.74. The predicted octanol–water partition coefficient (Wildman–Crippen LogP) is 1.82. The zero-order valence-electron chi connectivity index (χ0n) is 8.78. The summed E-state index contributed by atoms with van der Waals surface area (Å²) in [7, 11) is 0. The molecule has 7 heteroatoms. The highest BCUT2D eigenvalue weighted by atomic mass is 19.4. The molecule has 0 bridgehead atoms. The zero-order valence-corrected chi connectivity index (χ0v) is 8.78. The number of hydroxylamine groups is 1. The molecule has 17 heavy (non-hydrogen) atoms. The van der Waals surface area contributed by atoms with Crippen molar-refractivity contribution in [2.75, 3.05) is 11.6 Å². The largest absolute Gasteiger partial charge is 0.544 e. The van der Waals surface area contributed by atoms with E-state index in [1.165, 1.54) is 12.1 Å². The number of hydrogen-bond acceptors (Lipinski definition) is 3. The van der Waals surface area contributed by atoms with Gasteiger partial charge in [0.2, 0.25) is 5.91 Å². The van der Waals surface area contributed by atoms with E-state index in [0.29, 0.717) is 5.06 Å². The van der Waals surface area contributed by atoms with Crippen molar-refractivity contribution in [2.24, 2.45) is 5.73 Å². The van der Waals surface area contributed by atoms with Crippen LogP contribution in [0.3, 0.4) is 0 Å². The number of alkyl halides is 3. The lowest BCUT2D eigenvalue weighted by atomic mass is 10.3. The highest BCUT2D eigenvalue weighted by Crippen LogP contribution is 2.23. The molecule has 0 aliphatic carbocycles. The first-order valence-corrected chi connectivity index (χ1v) is 4.75. The minimum atomic E-state index is -4.81. The molecule has 4 nitrogen and oxygen atoms in total. The molecule has 0 fully saturated rings. The number of rotatable bonds is 5. The van der Waals surface area contributed by atoms with E-state index in [0.717, 1.165) is 0 Å².